The monoisotopic (exact) mass is 282 g/mol. The molecule has 1 aromatic rings. The van der Waals surface area contributed by atoms with Gasteiger partial charge >= 0.3 is 0 Å². The van der Waals surface area contributed by atoms with Gasteiger partial charge in [0, 0.05) is 11.3 Å². The van der Waals surface area contributed by atoms with Crippen LogP contribution >= 0.6 is 12.4 Å². The molecule has 0 aliphatic carbocycles. The number of carbonyl (C=O) groups is 2. The number of benzene rings is 1. The van der Waals surface area contributed by atoms with E-state index in [0.29, 0.717) is 11.3 Å². The highest BCUT2D eigenvalue weighted by Gasteiger charge is 2.20. The molecule has 1 fully saturated rings. The maximum absolute atomic E-state index is 12.0. The SMILES string of the molecule is CC(=O)c1cccc(NC(=O)C2CCCCN2)c1.Cl. The number of piperidine rings is 1. The summed E-state index contributed by atoms with van der Waals surface area (Å²) in [4.78, 5) is 23.3. The summed E-state index contributed by atoms with van der Waals surface area (Å²) in [6, 6.07) is 6.92. The highest BCUT2D eigenvalue weighted by atomic mass is 35.5. The molecular formula is C14H19ClN2O2. The van der Waals surface area contributed by atoms with Crippen molar-refractivity contribution in [3.8, 4) is 0 Å². The summed E-state index contributed by atoms with van der Waals surface area (Å²) >= 11 is 0. The molecule has 0 radical (unpaired) electrons. The van der Waals surface area contributed by atoms with Gasteiger partial charge in [-0.2, -0.15) is 0 Å². The molecule has 104 valence electrons. The summed E-state index contributed by atoms with van der Waals surface area (Å²) in [6.07, 6.45) is 3.08. The fourth-order valence-corrected chi connectivity index (χ4v) is 2.12. The molecule has 1 amide bonds. The van der Waals surface area contributed by atoms with E-state index in [4.69, 9.17) is 0 Å². The molecule has 1 atom stereocenters. The van der Waals surface area contributed by atoms with Crippen LogP contribution in [0.3, 0.4) is 0 Å². The van der Waals surface area contributed by atoms with E-state index < -0.39 is 0 Å². The Morgan fingerprint density at radius 1 is 1.32 bits per heavy atom. The van der Waals surface area contributed by atoms with Crippen LogP contribution in [0, 0.1) is 0 Å². The van der Waals surface area contributed by atoms with Crippen LogP contribution in [0.15, 0.2) is 24.3 Å². The first kappa shape index (κ1) is 15.7. The van der Waals surface area contributed by atoms with Crippen molar-refractivity contribution in [1.82, 2.24) is 5.32 Å². The van der Waals surface area contributed by atoms with Crippen molar-refractivity contribution in [3.63, 3.8) is 0 Å². The summed E-state index contributed by atoms with van der Waals surface area (Å²) < 4.78 is 0. The van der Waals surface area contributed by atoms with Gasteiger partial charge in [-0.3, -0.25) is 9.59 Å². The Balaban J connectivity index is 0.00000180. The van der Waals surface area contributed by atoms with Gasteiger partial charge in [-0.25, -0.2) is 0 Å². The number of carbonyl (C=O) groups excluding carboxylic acids is 2. The van der Waals surface area contributed by atoms with Crippen LogP contribution in [-0.4, -0.2) is 24.3 Å². The summed E-state index contributed by atoms with van der Waals surface area (Å²) in [7, 11) is 0. The molecule has 5 heteroatoms. The van der Waals surface area contributed by atoms with Gasteiger partial charge in [0.05, 0.1) is 6.04 Å². The number of hydrogen-bond acceptors (Lipinski definition) is 3. The van der Waals surface area contributed by atoms with Gasteiger partial charge in [0.15, 0.2) is 5.78 Å². The van der Waals surface area contributed by atoms with E-state index in [-0.39, 0.29) is 30.1 Å². The molecule has 0 aromatic heterocycles. The van der Waals surface area contributed by atoms with Crippen molar-refractivity contribution in [2.24, 2.45) is 0 Å². The molecule has 1 aliphatic heterocycles. The molecule has 0 saturated carbocycles. The zero-order valence-corrected chi connectivity index (χ0v) is 11.8. The van der Waals surface area contributed by atoms with Crippen molar-refractivity contribution in [1.29, 1.82) is 0 Å². The highest BCUT2D eigenvalue weighted by molar-refractivity contribution is 5.98. The van der Waals surface area contributed by atoms with Gasteiger partial charge in [0.2, 0.25) is 5.91 Å². The molecule has 1 heterocycles. The second-order valence-corrected chi connectivity index (χ2v) is 4.63. The van der Waals surface area contributed by atoms with E-state index in [1.807, 2.05) is 0 Å². The fraction of sp³-hybridized carbons (Fsp3) is 0.429. The Kier molecular flexibility index (Phi) is 5.99. The first-order chi connectivity index (χ1) is 8.66. The minimum Gasteiger partial charge on any atom is -0.325 e. The number of halogens is 1. The van der Waals surface area contributed by atoms with Gasteiger partial charge in [-0.15, -0.1) is 12.4 Å². The Morgan fingerprint density at radius 2 is 2.11 bits per heavy atom. The van der Waals surface area contributed by atoms with Crippen molar-refractivity contribution in [2.75, 3.05) is 11.9 Å². The van der Waals surface area contributed by atoms with E-state index in [0.717, 1.165) is 25.8 Å². The van der Waals surface area contributed by atoms with E-state index in [9.17, 15) is 9.59 Å². The van der Waals surface area contributed by atoms with Crippen LogP contribution in [0.5, 0.6) is 0 Å². The molecule has 1 aliphatic rings. The minimum atomic E-state index is -0.111. The van der Waals surface area contributed by atoms with Gasteiger partial charge in [0.1, 0.15) is 0 Å². The Labute approximate surface area is 119 Å². The number of ketones is 1. The minimum absolute atomic E-state index is 0. The predicted molar refractivity (Wildman–Crippen MR) is 78.0 cm³/mol. The van der Waals surface area contributed by atoms with Crippen LogP contribution in [0.1, 0.15) is 36.5 Å². The molecule has 0 bridgehead atoms. The molecule has 0 spiro atoms. The van der Waals surface area contributed by atoms with E-state index in [1.165, 1.54) is 6.92 Å². The first-order valence-corrected chi connectivity index (χ1v) is 6.32. The van der Waals surface area contributed by atoms with Crippen LogP contribution in [0.25, 0.3) is 0 Å². The quantitative estimate of drug-likeness (QED) is 0.837. The normalized spacial score (nSPS) is 18.3. The predicted octanol–water partition coefficient (Wildman–Crippen LogP) is 2.39. The third-order valence-electron chi connectivity index (χ3n) is 3.16. The summed E-state index contributed by atoms with van der Waals surface area (Å²) in [5, 5.41) is 6.05. The van der Waals surface area contributed by atoms with Crippen LogP contribution in [0.4, 0.5) is 5.69 Å². The van der Waals surface area contributed by atoms with Crippen molar-refractivity contribution in [3.05, 3.63) is 29.8 Å². The average molecular weight is 283 g/mol. The number of amides is 1. The van der Waals surface area contributed by atoms with Crippen molar-refractivity contribution in [2.45, 2.75) is 32.2 Å². The lowest BCUT2D eigenvalue weighted by Gasteiger charge is -2.22. The maximum Gasteiger partial charge on any atom is 0.241 e. The van der Waals surface area contributed by atoms with E-state index in [1.54, 1.807) is 24.3 Å². The number of hydrogen-bond donors (Lipinski definition) is 2. The lowest BCUT2D eigenvalue weighted by atomic mass is 10.0. The Hall–Kier alpha value is -1.39. The fourth-order valence-electron chi connectivity index (χ4n) is 2.12. The number of rotatable bonds is 3. The van der Waals surface area contributed by atoms with Gasteiger partial charge in [-0.05, 0) is 38.4 Å². The van der Waals surface area contributed by atoms with Crippen LogP contribution in [-0.2, 0) is 4.79 Å². The number of nitrogens with one attached hydrogen (secondary N) is 2. The molecule has 19 heavy (non-hydrogen) atoms. The molecule has 2 rings (SSSR count). The van der Waals surface area contributed by atoms with E-state index in [2.05, 4.69) is 10.6 Å². The Bertz CT molecular complexity index is 457. The second-order valence-electron chi connectivity index (χ2n) is 4.63. The standard InChI is InChI=1S/C14H18N2O2.ClH/c1-10(17)11-5-4-6-12(9-11)16-14(18)13-7-2-3-8-15-13;/h4-6,9,13,15H,2-3,7-8H2,1H3,(H,16,18);1H. The van der Waals surface area contributed by atoms with Crippen molar-refractivity contribution >= 4 is 29.8 Å². The largest absolute Gasteiger partial charge is 0.325 e. The lowest BCUT2D eigenvalue weighted by molar-refractivity contribution is -0.118. The summed E-state index contributed by atoms with van der Waals surface area (Å²) in [6.45, 7) is 2.41. The van der Waals surface area contributed by atoms with Crippen molar-refractivity contribution < 1.29 is 9.59 Å². The number of Topliss-reactive ketones (excluding diaryl/α,β-unsaturated/α-hetero) is 1. The van der Waals surface area contributed by atoms with E-state index >= 15 is 0 Å². The maximum atomic E-state index is 12.0. The average Bonchev–Trinajstić information content (AvgIpc) is 2.40. The third-order valence-corrected chi connectivity index (χ3v) is 3.16. The van der Waals surface area contributed by atoms with Gasteiger partial charge < -0.3 is 10.6 Å². The molecule has 2 N–H and O–H groups in total. The molecule has 1 unspecified atom stereocenters. The zero-order valence-electron chi connectivity index (χ0n) is 10.9. The third kappa shape index (κ3) is 4.33. The van der Waals surface area contributed by atoms with Gasteiger partial charge in [0.25, 0.3) is 0 Å². The summed E-state index contributed by atoms with van der Waals surface area (Å²) in [5.74, 6) is -0.0164. The summed E-state index contributed by atoms with van der Waals surface area (Å²) in [5.41, 5.74) is 1.30. The van der Waals surface area contributed by atoms with Crippen LogP contribution < -0.4 is 10.6 Å². The molecule has 1 saturated heterocycles. The number of anilines is 1. The Morgan fingerprint density at radius 3 is 2.74 bits per heavy atom. The lowest BCUT2D eigenvalue weighted by Crippen LogP contribution is -2.43. The zero-order chi connectivity index (χ0) is 13.0. The molecule has 1 aromatic carbocycles. The molecular weight excluding hydrogens is 264 g/mol. The molecule has 4 nitrogen and oxygen atoms in total. The van der Waals surface area contributed by atoms with Crippen LogP contribution in [0.2, 0.25) is 0 Å². The smallest absolute Gasteiger partial charge is 0.241 e. The highest BCUT2D eigenvalue weighted by Crippen LogP contribution is 2.13. The van der Waals surface area contributed by atoms with Gasteiger partial charge in [-0.1, -0.05) is 18.6 Å². The topological polar surface area (TPSA) is 58.2 Å². The second kappa shape index (κ2) is 7.26. The first-order valence-electron chi connectivity index (χ1n) is 6.32.